The minimum absolute atomic E-state index is 0.0599. The molecule has 3 rings (SSSR count). The van der Waals surface area contributed by atoms with Crippen LogP contribution >= 0.6 is 0 Å². The average molecular weight is 381 g/mol. The molecule has 1 fully saturated rings. The number of benzene rings is 2. The Hall–Kier alpha value is -3.35. The molecule has 2 aromatic rings. The first-order chi connectivity index (χ1) is 13.6. The Balaban J connectivity index is 1.51. The molecule has 7 heteroatoms. The van der Waals surface area contributed by atoms with Crippen molar-refractivity contribution in [1.29, 1.82) is 0 Å². The highest BCUT2D eigenvalue weighted by Gasteiger charge is 2.27. The van der Waals surface area contributed by atoms with E-state index < -0.39 is 0 Å². The highest BCUT2D eigenvalue weighted by atomic mass is 16.5. The fraction of sp³-hybridized carbons (Fsp3) is 0.286. The van der Waals surface area contributed by atoms with Gasteiger partial charge >= 0.3 is 0 Å². The van der Waals surface area contributed by atoms with E-state index in [1.165, 1.54) is 6.21 Å². The number of ether oxygens (including phenoxy) is 1. The van der Waals surface area contributed by atoms with Gasteiger partial charge in [-0.05, 0) is 43.2 Å². The molecule has 2 aromatic carbocycles. The van der Waals surface area contributed by atoms with E-state index in [4.69, 9.17) is 4.74 Å². The standard InChI is InChI=1S/C21H23N3O4/c1-28-18-7-4-6-16(13-18)21(27)24-11-9-15(10-12-24)20(26)23-22-14-17-5-2-3-8-19(17)25/h2-8,13-15,25H,9-12H2,1H3,(H,23,26)/b22-14-. The monoisotopic (exact) mass is 381 g/mol. The first kappa shape index (κ1) is 19.4. The first-order valence-electron chi connectivity index (χ1n) is 9.12. The van der Waals surface area contributed by atoms with Crippen molar-refractivity contribution in [2.75, 3.05) is 20.2 Å². The molecule has 0 unspecified atom stereocenters. The molecule has 2 amide bonds. The molecular formula is C21H23N3O4. The number of rotatable bonds is 5. The number of aromatic hydroxyl groups is 1. The van der Waals surface area contributed by atoms with Crippen LogP contribution in [0.4, 0.5) is 0 Å². The summed E-state index contributed by atoms with van der Waals surface area (Å²) in [5.41, 5.74) is 3.63. The molecule has 2 N–H and O–H groups in total. The van der Waals surface area contributed by atoms with Crippen LogP contribution in [0.15, 0.2) is 53.6 Å². The number of likely N-dealkylation sites (tertiary alicyclic amines) is 1. The van der Waals surface area contributed by atoms with Gasteiger partial charge < -0.3 is 14.7 Å². The molecule has 0 aliphatic carbocycles. The summed E-state index contributed by atoms with van der Waals surface area (Å²) in [6, 6.07) is 13.8. The second kappa shape index (κ2) is 9.03. The van der Waals surface area contributed by atoms with Gasteiger partial charge in [-0.3, -0.25) is 9.59 Å². The first-order valence-corrected chi connectivity index (χ1v) is 9.12. The molecule has 0 saturated carbocycles. The number of carbonyl (C=O) groups is 2. The molecule has 7 nitrogen and oxygen atoms in total. The Labute approximate surface area is 163 Å². The maximum atomic E-state index is 12.6. The number of para-hydroxylation sites is 1. The highest BCUT2D eigenvalue weighted by Crippen LogP contribution is 2.21. The molecule has 0 spiro atoms. The van der Waals surface area contributed by atoms with E-state index in [0.29, 0.717) is 42.8 Å². The summed E-state index contributed by atoms with van der Waals surface area (Å²) >= 11 is 0. The van der Waals surface area contributed by atoms with E-state index in [1.807, 2.05) is 0 Å². The zero-order valence-corrected chi connectivity index (χ0v) is 15.7. The molecule has 1 aliphatic rings. The molecule has 0 radical (unpaired) electrons. The van der Waals surface area contributed by atoms with E-state index in [1.54, 1.807) is 60.5 Å². The van der Waals surface area contributed by atoms with E-state index >= 15 is 0 Å². The molecule has 28 heavy (non-hydrogen) atoms. The number of hydrogen-bond acceptors (Lipinski definition) is 5. The van der Waals surface area contributed by atoms with Crippen LogP contribution in [0.1, 0.15) is 28.8 Å². The molecule has 1 heterocycles. The lowest BCUT2D eigenvalue weighted by Gasteiger charge is -2.31. The summed E-state index contributed by atoms with van der Waals surface area (Å²) in [5.74, 6) is 0.304. The molecular weight excluding hydrogens is 358 g/mol. The number of methoxy groups -OCH3 is 1. The molecule has 1 aliphatic heterocycles. The van der Waals surface area contributed by atoms with Crippen LogP contribution in [0.5, 0.6) is 11.5 Å². The zero-order valence-electron chi connectivity index (χ0n) is 15.7. The maximum absolute atomic E-state index is 12.6. The van der Waals surface area contributed by atoms with Gasteiger partial charge in [0.2, 0.25) is 5.91 Å². The van der Waals surface area contributed by atoms with Crippen molar-refractivity contribution in [2.24, 2.45) is 11.0 Å². The van der Waals surface area contributed by atoms with E-state index in [-0.39, 0.29) is 23.5 Å². The van der Waals surface area contributed by atoms with Gasteiger partial charge in [0.25, 0.3) is 5.91 Å². The third-order valence-corrected chi connectivity index (χ3v) is 4.78. The number of piperidine rings is 1. The number of hydrazone groups is 1. The second-order valence-electron chi connectivity index (χ2n) is 6.59. The Kier molecular flexibility index (Phi) is 6.26. The van der Waals surface area contributed by atoms with Gasteiger partial charge in [0.15, 0.2) is 0 Å². The average Bonchev–Trinajstić information content (AvgIpc) is 2.74. The quantitative estimate of drug-likeness (QED) is 0.615. The van der Waals surface area contributed by atoms with Crippen molar-refractivity contribution in [3.63, 3.8) is 0 Å². The summed E-state index contributed by atoms with van der Waals surface area (Å²) in [6.45, 7) is 1.02. The van der Waals surface area contributed by atoms with Crippen molar-refractivity contribution in [3.8, 4) is 11.5 Å². The highest BCUT2D eigenvalue weighted by molar-refractivity contribution is 5.95. The van der Waals surface area contributed by atoms with Gasteiger partial charge in [-0.2, -0.15) is 5.10 Å². The lowest BCUT2D eigenvalue weighted by Crippen LogP contribution is -2.42. The van der Waals surface area contributed by atoms with Crippen molar-refractivity contribution in [2.45, 2.75) is 12.8 Å². The molecule has 0 atom stereocenters. The number of hydrogen-bond donors (Lipinski definition) is 2. The smallest absolute Gasteiger partial charge is 0.253 e. The van der Waals surface area contributed by atoms with E-state index in [2.05, 4.69) is 10.5 Å². The number of phenols is 1. The predicted octanol–water partition coefficient (Wildman–Crippen LogP) is 2.40. The van der Waals surface area contributed by atoms with Crippen molar-refractivity contribution in [1.82, 2.24) is 10.3 Å². The van der Waals surface area contributed by atoms with Crippen molar-refractivity contribution < 1.29 is 19.4 Å². The van der Waals surface area contributed by atoms with Gasteiger partial charge in [-0.1, -0.05) is 18.2 Å². The summed E-state index contributed by atoms with van der Waals surface area (Å²) in [4.78, 5) is 26.7. The predicted molar refractivity (Wildman–Crippen MR) is 105 cm³/mol. The number of nitrogens with one attached hydrogen (secondary N) is 1. The SMILES string of the molecule is COc1cccc(C(=O)N2CCC(C(=O)N/N=C\c3ccccc3O)CC2)c1. The van der Waals surface area contributed by atoms with Gasteiger partial charge in [0.1, 0.15) is 11.5 Å². The molecule has 146 valence electrons. The van der Waals surface area contributed by atoms with E-state index in [0.717, 1.165) is 0 Å². The van der Waals surface area contributed by atoms with Crippen molar-refractivity contribution in [3.05, 3.63) is 59.7 Å². The summed E-state index contributed by atoms with van der Waals surface area (Å²) in [7, 11) is 1.56. The number of nitrogens with zero attached hydrogens (tertiary/aromatic N) is 2. The molecule has 1 saturated heterocycles. The Morgan fingerprint density at radius 1 is 1.18 bits per heavy atom. The van der Waals surface area contributed by atoms with Gasteiger partial charge in [-0.25, -0.2) is 5.43 Å². The van der Waals surface area contributed by atoms with Crippen LogP contribution in [0, 0.1) is 5.92 Å². The Bertz CT molecular complexity index is 873. The van der Waals surface area contributed by atoms with Crippen LogP contribution in [0.25, 0.3) is 0 Å². The zero-order chi connectivity index (χ0) is 19.9. The Morgan fingerprint density at radius 2 is 1.93 bits per heavy atom. The maximum Gasteiger partial charge on any atom is 0.253 e. The fourth-order valence-electron chi connectivity index (χ4n) is 3.14. The number of carbonyl (C=O) groups excluding carboxylic acids is 2. The normalized spacial score (nSPS) is 14.8. The largest absolute Gasteiger partial charge is 0.507 e. The summed E-state index contributed by atoms with van der Waals surface area (Å²) in [5, 5.41) is 13.6. The minimum atomic E-state index is -0.198. The minimum Gasteiger partial charge on any atom is -0.507 e. The number of phenolic OH excluding ortho intramolecular Hbond substituents is 1. The van der Waals surface area contributed by atoms with Crippen LogP contribution < -0.4 is 10.2 Å². The second-order valence-corrected chi connectivity index (χ2v) is 6.59. The molecule has 0 bridgehead atoms. The van der Waals surface area contributed by atoms with Crippen LogP contribution in [0.3, 0.4) is 0 Å². The van der Waals surface area contributed by atoms with Crippen LogP contribution in [-0.2, 0) is 4.79 Å². The lowest BCUT2D eigenvalue weighted by molar-refractivity contribution is -0.126. The van der Waals surface area contributed by atoms with Crippen LogP contribution in [-0.4, -0.2) is 48.2 Å². The summed E-state index contributed by atoms with van der Waals surface area (Å²) in [6.07, 6.45) is 2.57. The Morgan fingerprint density at radius 3 is 2.64 bits per heavy atom. The third-order valence-electron chi connectivity index (χ3n) is 4.78. The lowest BCUT2D eigenvalue weighted by atomic mass is 9.95. The van der Waals surface area contributed by atoms with Gasteiger partial charge in [0.05, 0.1) is 13.3 Å². The third kappa shape index (κ3) is 4.68. The number of amides is 2. The van der Waals surface area contributed by atoms with Crippen molar-refractivity contribution >= 4 is 18.0 Å². The summed E-state index contributed by atoms with van der Waals surface area (Å²) < 4.78 is 5.16. The van der Waals surface area contributed by atoms with Crippen LogP contribution in [0.2, 0.25) is 0 Å². The fourth-order valence-corrected chi connectivity index (χ4v) is 3.14. The molecule has 0 aromatic heterocycles. The topological polar surface area (TPSA) is 91.2 Å². The van der Waals surface area contributed by atoms with Gasteiger partial charge in [-0.15, -0.1) is 0 Å². The van der Waals surface area contributed by atoms with E-state index in [9.17, 15) is 14.7 Å². The van der Waals surface area contributed by atoms with Gasteiger partial charge in [0, 0.05) is 30.1 Å².